The summed E-state index contributed by atoms with van der Waals surface area (Å²) in [4.78, 5) is 11.4. The van der Waals surface area contributed by atoms with Gasteiger partial charge >= 0.3 is 5.97 Å². The summed E-state index contributed by atoms with van der Waals surface area (Å²) in [6.07, 6.45) is 3.90. The van der Waals surface area contributed by atoms with Gasteiger partial charge in [-0.3, -0.25) is 4.79 Å². The molecule has 0 aromatic heterocycles. The molecule has 0 saturated heterocycles. The number of carboxylic acids is 1. The van der Waals surface area contributed by atoms with Crippen molar-refractivity contribution >= 4 is 17.6 Å². The molecule has 2 aromatic rings. The highest BCUT2D eigenvalue weighted by Gasteiger charge is 2.31. The Kier molecular flexibility index (Phi) is 5.84. The number of carbonyl (C=O) groups is 1. The van der Waals surface area contributed by atoms with Gasteiger partial charge in [0.05, 0.1) is 5.92 Å². The highest BCUT2D eigenvalue weighted by atomic mass is 35.5. The molecule has 0 aliphatic heterocycles. The fourth-order valence-electron chi connectivity index (χ4n) is 3.39. The fraction of sp³-hybridized carbons (Fsp3) is 0.300. The van der Waals surface area contributed by atoms with Crippen LogP contribution in [0.2, 0.25) is 5.02 Å². The topological polar surface area (TPSA) is 37.3 Å². The van der Waals surface area contributed by atoms with Gasteiger partial charge in [-0.05, 0) is 47.6 Å². The Morgan fingerprint density at radius 2 is 1.43 bits per heavy atom. The van der Waals surface area contributed by atoms with E-state index in [2.05, 4.69) is 24.3 Å². The molecule has 2 nitrogen and oxygen atoms in total. The minimum Gasteiger partial charge on any atom is -0.481 e. The molecular weight excluding hydrogens is 308 g/mol. The number of aliphatic carboxylic acids is 1. The molecule has 1 fully saturated rings. The van der Waals surface area contributed by atoms with Crippen molar-refractivity contribution in [1.82, 2.24) is 0 Å². The van der Waals surface area contributed by atoms with Gasteiger partial charge < -0.3 is 5.11 Å². The molecule has 3 rings (SSSR count). The second kappa shape index (κ2) is 7.65. The Labute approximate surface area is 143 Å². The Hall–Kier alpha value is -1.80. The molecule has 0 bridgehead atoms. The molecule has 2 aromatic carbocycles. The average Bonchev–Trinajstić information content (AvgIpc) is 2.56. The number of rotatable bonds is 3. The number of benzene rings is 2. The van der Waals surface area contributed by atoms with Crippen LogP contribution in [0.4, 0.5) is 0 Å². The van der Waals surface area contributed by atoms with E-state index in [1.54, 1.807) is 0 Å². The predicted molar refractivity (Wildman–Crippen MR) is 92.5 cm³/mol. The first kappa shape index (κ1) is 17.6. The Morgan fingerprint density at radius 1 is 0.913 bits per heavy atom. The minimum absolute atomic E-state index is 0. The third kappa shape index (κ3) is 3.94. The van der Waals surface area contributed by atoms with Crippen molar-refractivity contribution in [1.29, 1.82) is 0 Å². The summed E-state index contributed by atoms with van der Waals surface area (Å²) in [6, 6.07) is 16.1. The Balaban J connectivity index is 0.00000192. The quantitative estimate of drug-likeness (QED) is 0.814. The maximum absolute atomic E-state index is 11.4. The second-order valence-corrected chi connectivity index (χ2v) is 6.40. The molecule has 0 spiro atoms. The van der Waals surface area contributed by atoms with Crippen molar-refractivity contribution in [3.63, 3.8) is 0 Å². The normalized spacial score (nSPS) is 20.6. The molecule has 23 heavy (non-hydrogen) atoms. The first-order valence-electron chi connectivity index (χ1n) is 7.74. The molecule has 0 amide bonds. The van der Waals surface area contributed by atoms with E-state index in [4.69, 9.17) is 11.6 Å². The van der Waals surface area contributed by atoms with Gasteiger partial charge in [0.15, 0.2) is 0 Å². The van der Waals surface area contributed by atoms with Crippen LogP contribution < -0.4 is 0 Å². The van der Waals surface area contributed by atoms with E-state index in [0.717, 1.165) is 47.4 Å². The zero-order valence-electron chi connectivity index (χ0n) is 12.8. The number of halogens is 1. The van der Waals surface area contributed by atoms with Crippen molar-refractivity contribution in [2.24, 2.45) is 5.92 Å². The molecule has 2 atom stereocenters. The monoisotopic (exact) mass is 326 g/mol. The Morgan fingerprint density at radius 3 is 2.00 bits per heavy atom. The summed E-state index contributed by atoms with van der Waals surface area (Å²) in [7, 11) is 0. The van der Waals surface area contributed by atoms with Crippen molar-refractivity contribution in [3.8, 4) is 11.1 Å². The largest absolute Gasteiger partial charge is 0.481 e. The summed E-state index contributed by atoms with van der Waals surface area (Å²) in [6.45, 7) is 0. The number of hydrogen-bond donors (Lipinski definition) is 1. The van der Waals surface area contributed by atoms with Gasteiger partial charge in [0.2, 0.25) is 0 Å². The first-order chi connectivity index (χ1) is 10.6. The van der Waals surface area contributed by atoms with Crippen molar-refractivity contribution < 1.29 is 9.90 Å². The van der Waals surface area contributed by atoms with Crippen LogP contribution in [0.3, 0.4) is 0 Å². The van der Waals surface area contributed by atoms with E-state index in [0.29, 0.717) is 0 Å². The van der Waals surface area contributed by atoms with Crippen molar-refractivity contribution in [2.75, 3.05) is 0 Å². The highest BCUT2D eigenvalue weighted by molar-refractivity contribution is 6.30. The van der Waals surface area contributed by atoms with Crippen molar-refractivity contribution in [2.45, 2.75) is 31.6 Å². The minimum atomic E-state index is -0.661. The van der Waals surface area contributed by atoms with Crippen molar-refractivity contribution in [3.05, 3.63) is 66.5 Å². The molecule has 0 heterocycles. The smallest absolute Gasteiger partial charge is 0.307 e. The lowest BCUT2D eigenvalue weighted by Crippen LogP contribution is -2.25. The zero-order chi connectivity index (χ0) is 15.5. The third-order valence-corrected chi connectivity index (χ3v) is 4.85. The fourth-order valence-corrected chi connectivity index (χ4v) is 3.52. The number of carboxylic acid groups (broad SMARTS) is 1. The molecule has 1 aliphatic rings. The molecule has 1 N–H and O–H groups in total. The standard InChI is InChI=1S/C19H19ClO2.C/c20-16-11-9-14(10-12-16)13-5-7-15(8-6-13)17-3-1-2-4-18(17)19(21)22;/h5-12,17-18H,1-4H2,(H,21,22);. The molecule has 3 heteroatoms. The maximum Gasteiger partial charge on any atom is 0.307 e. The molecule has 2 unspecified atom stereocenters. The van der Waals surface area contributed by atoms with Gasteiger partial charge in [-0.1, -0.05) is 60.8 Å². The lowest BCUT2D eigenvalue weighted by atomic mass is 9.75. The summed E-state index contributed by atoms with van der Waals surface area (Å²) >= 11 is 5.92. The van der Waals surface area contributed by atoms with E-state index in [1.165, 1.54) is 0 Å². The van der Waals surface area contributed by atoms with E-state index in [9.17, 15) is 9.90 Å². The van der Waals surface area contributed by atoms with E-state index < -0.39 is 5.97 Å². The van der Waals surface area contributed by atoms with Crippen LogP contribution in [-0.2, 0) is 4.79 Å². The number of hydrogen-bond acceptors (Lipinski definition) is 1. The van der Waals surface area contributed by atoms with Gasteiger partial charge in [0.1, 0.15) is 0 Å². The SMILES string of the molecule is O=C(O)C1CCCCC1c1ccc(-c2ccc(Cl)cc2)cc1.[C]. The summed E-state index contributed by atoms with van der Waals surface area (Å²) in [5.74, 6) is -0.757. The predicted octanol–water partition coefficient (Wildman–Crippen LogP) is 5.45. The van der Waals surface area contributed by atoms with Gasteiger partial charge in [-0.2, -0.15) is 0 Å². The molecule has 1 aliphatic carbocycles. The van der Waals surface area contributed by atoms with Gasteiger partial charge in [0, 0.05) is 12.4 Å². The van der Waals surface area contributed by atoms with Crippen LogP contribution in [0.15, 0.2) is 48.5 Å². The summed E-state index contributed by atoms with van der Waals surface area (Å²) in [5.41, 5.74) is 3.39. The molecule has 118 valence electrons. The maximum atomic E-state index is 11.4. The van der Waals surface area contributed by atoms with E-state index >= 15 is 0 Å². The lowest BCUT2D eigenvalue weighted by molar-refractivity contribution is -0.143. The molecule has 4 radical (unpaired) electrons. The molecule has 1 saturated carbocycles. The summed E-state index contributed by atoms with van der Waals surface area (Å²) < 4.78 is 0. The zero-order valence-corrected chi connectivity index (χ0v) is 13.6. The van der Waals surface area contributed by atoms with Crippen LogP contribution in [0.25, 0.3) is 11.1 Å². The van der Waals surface area contributed by atoms with Crippen LogP contribution in [0.5, 0.6) is 0 Å². The van der Waals surface area contributed by atoms with Crippen LogP contribution in [0, 0.1) is 13.3 Å². The van der Waals surface area contributed by atoms with Gasteiger partial charge in [0.25, 0.3) is 0 Å². The summed E-state index contributed by atoms with van der Waals surface area (Å²) in [5, 5.41) is 10.1. The van der Waals surface area contributed by atoms with E-state index in [-0.39, 0.29) is 19.3 Å². The average molecular weight is 327 g/mol. The van der Waals surface area contributed by atoms with Crippen LogP contribution >= 0.6 is 11.6 Å². The third-order valence-electron chi connectivity index (χ3n) is 4.60. The second-order valence-electron chi connectivity index (χ2n) is 5.96. The van der Waals surface area contributed by atoms with Gasteiger partial charge in [-0.15, -0.1) is 0 Å². The Bertz CT molecular complexity index is 646. The van der Waals surface area contributed by atoms with E-state index in [1.807, 2.05) is 24.3 Å². The lowest BCUT2D eigenvalue weighted by Gasteiger charge is -2.29. The van der Waals surface area contributed by atoms with Crippen LogP contribution in [-0.4, -0.2) is 11.1 Å². The highest BCUT2D eigenvalue weighted by Crippen LogP contribution is 2.38. The first-order valence-corrected chi connectivity index (χ1v) is 8.11. The van der Waals surface area contributed by atoms with Crippen LogP contribution in [0.1, 0.15) is 37.2 Å². The molecular formula is C20H19ClO2. The van der Waals surface area contributed by atoms with Gasteiger partial charge in [-0.25, -0.2) is 0 Å².